The number of hydrogen-bond donors (Lipinski definition) is 2. The number of carbonyl (C=O) groups excluding carboxylic acids is 2. The molecule has 7 heteroatoms. The maximum absolute atomic E-state index is 11.9. The van der Waals surface area contributed by atoms with E-state index >= 15 is 0 Å². The van der Waals surface area contributed by atoms with Crippen molar-refractivity contribution < 1.29 is 14.3 Å². The number of halogens is 1. The molecule has 0 fully saturated rings. The lowest BCUT2D eigenvalue weighted by Crippen LogP contribution is -2.32. The highest BCUT2D eigenvalue weighted by atomic mass is 35.5. The number of aryl methyl sites for hydroxylation is 1. The molecule has 0 unspecified atom stereocenters. The molecule has 24 heavy (non-hydrogen) atoms. The van der Waals surface area contributed by atoms with Crippen LogP contribution in [0.15, 0.2) is 47.6 Å². The summed E-state index contributed by atoms with van der Waals surface area (Å²) in [5.74, 6) is -1.27. The number of nitrogens with zero attached hydrogens (tertiary/aromatic N) is 1. The summed E-state index contributed by atoms with van der Waals surface area (Å²) in [7, 11) is 1.48. The second-order valence-corrected chi connectivity index (χ2v) is 5.35. The highest BCUT2D eigenvalue weighted by Gasteiger charge is 2.15. The summed E-state index contributed by atoms with van der Waals surface area (Å²) in [4.78, 5) is 23.7. The van der Waals surface area contributed by atoms with Crippen LogP contribution in [0.5, 0.6) is 5.75 Å². The summed E-state index contributed by atoms with van der Waals surface area (Å²) in [5, 5.41) is 6.77. The number of methoxy groups -OCH3 is 1. The van der Waals surface area contributed by atoms with Gasteiger partial charge < -0.3 is 10.1 Å². The predicted molar refractivity (Wildman–Crippen MR) is 93.5 cm³/mol. The number of amides is 2. The van der Waals surface area contributed by atoms with E-state index in [1.54, 1.807) is 36.4 Å². The molecule has 6 nitrogen and oxygen atoms in total. The highest BCUT2D eigenvalue weighted by molar-refractivity contribution is 6.39. The van der Waals surface area contributed by atoms with E-state index in [0.717, 1.165) is 5.56 Å². The number of ether oxygens (including phenoxy) is 1. The minimum absolute atomic E-state index is 0.413. The minimum atomic E-state index is -0.892. The summed E-state index contributed by atoms with van der Waals surface area (Å²) in [6, 6.07) is 12.2. The average molecular weight is 346 g/mol. The SMILES string of the molecule is COc1ccc(C)cc1NC(=O)C(=O)N/N=C\c1cccc(Cl)c1. The van der Waals surface area contributed by atoms with Gasteiger partial charge in [0.2, 0.25) is 0 Å². The van der Waals surface area contributed by atoms with Gasteiger partial charge in [0.25, 0.3) is 0 Å². The maximum atomic E-state index is 11.9. The molecule has 0 radical (unpaired) electrons. The number of rotatable bonds is 4. The number of hydrazone groups is 1. The Balaban J connectivity index is 1.98. The van der Waals surface area contributed by atoms with Crippen molar-refractivity contribution in [3.8, 4) is 5.75 Å². The molecule has 0 aromatic heterocycles. The first-order valence-corrected chi connectivity index (χ1v) is 7.42. The molecule has 2 aromatic rings. The fraction of sp³-hybridized carbons (Fsp3) is 0.118. The van der Waals surface area contributed by atoms with Crippen LogP contribution in [0.3, 0.4) is 0 Å². The van der Waals surface area contributed by atoms with Crippen molar-refractivity contribution in [3.63, 3.8) is 0 Å². The van der Waals surface area contributed by atoms with Crippen LogP contribution in [-0.2, 0) is 9.59 Å². The zero-order valence-corrected chi connectivity index (χ0v) is 13.9. The van der Waals surface area contributed by atoms with Crippen molar-refractivity contribution in [3.05, 3.63) is 58.6 Å². The van der Waals surface area contributed by atoms with Gasteiger partial charge in [0.15, 0.2) is 0 Å². The van der Waals surface area contributed by atoms with Crippen LogP contribution in [0.1, 0.15) is 11.1 Å². The van der Waals surface area contributed by atoms with Crippen molar-refractivity contribution >= 4 is 35.3 Å². The van der Waals surface area contributed by atoms with E-state index in [1.807, 2.05) is 13.0 Å². The quantitative estimate of drug-likeness (QED) is 0.508. The van der Waals surface area contributed by atoms with Crippen LogP contribution < -0.4 is 15.5 Å². The molecule has 2 amide bonds. The van der Waals surface area contributed by atoms with Crippen molar-refractivity contribution in [2.45, 2.75) is 6.92 Å². The Kier molecular flexibility index (Phi) is 5.92. The highest BCUT2D eigenvalue weighted by Crippen LogP contribution is 2.24. The van der Waals surface area contributed by atoms with Crippen molar-refractivity contribution in [2.24, 2.45) is 5.10 Å². The van der Waals surface area contributed by atoms with Gasteiger partial charge in [-0.2, -0.15) is 5.10 Å². The fourth-order valence-electron chi connectivity index (χ4n) is 1.90. The van der Waals surface area contributed by atoms with E-state index in [1.165, 1.54) is 13.3 Å². The van der Waals surface area contributed by atoms with E-state index in [9.17, 15) is 9.59 Å². The molecule has 0 saturated carbocycles. The van der Waals surface area contributed by atoms with Gasteiger partial charge in [0.1, 0.15) is 5.75 Å². The van der Waals surface area contributed by atoms with E-state index in [2.05, 4.69) is 15.8 Å². The van der Waals surface area contributed by atoms with Crippen LogP contribution >= 0.6 is 11.6 Å². The van der Waals surface area contributed by atoms with Crippen molar-refractivity contribution in [1.82, 2.24) is 5.43 Å². The molecule has 0 aliphatic carbocycles. The summed E-state index contributed by atoms with van der Waals surface area (Å²) < 4.78 is 5.14. The van der Waals surface area contributed by atoms with Crippen LogP contribution in [-0.4, -0.2) is 25.1 Å². The van der Waals surface area contributed by atoms with Gasteiger partial charge in [-0.15, -0.1) is 0 Å². The van der Waals surface area contributed by atoms with Gasteiger partial charge in [-0.05, 0) is 42.3 Å². The smallest absolute Gasteiger partial charge is 0.329 e. The lowest BCUT2D eigenvalue weighted by molar-refractivity contribution is -0.136. The zero-order valence-electron chi connectivity index (χ0n) is 13.2. The molecule has 2 rings (SSSR count). The van der Waals surface area contributed by atoms with Gasteiger partial charge in [0, 0.05) is 5.02 Å². The Labute approximate surface area is 144 Å². The second kappa shape index (κ2) is 8.12. The number of hydrogen-bond acceptors (Lipinski definition) is 4. The molecule has 2 N–H and O–H groups in total. The van der Waals surface area contributed by atoms with Gasteiger partial charge >= 0.3 is 11.8 Å². The molecular weight excluding hydrogens is 330 g/mol. The molecule has 0 aliphatic heterocycles. The first kappa shape index (κ1) is 17.5. The third kappa shape index (κ3) is 4.82. The monoisotopic (exact) mass is 345 g/mol. The first-order valence-electron chi connectivity index (χ1n) is 7.04. The molecule has 0 heterocycles. The third-order valence-corrected chi connectivity index (χ3v) is 3.27. The van der Waals surface area contributed by atoms with Gasteiger partial charge in [-0.25, -0.2) is 5.43 Å². The largest absolute Gasteiger partial charge is 0.495 e. The average Bonchev–Trinajstić information content (AvgIpc) is 2.55. The second-order valence-electron chi connectivity index (χ2n) is 4.91. The molecule has 0 bridgehead atoms. The Morgan fingerprint density at radius 3 is 2.67 bits per heavy atom. The number of nitrogens with one attached hydrogen (secondary N) is 2. The molecule has 0 spiro atoms. The Morgan fingerprint density at radius 2 is 1.96 bits per heavy atom. The Morgan fingerprint density at radius 1 is 1.17 bits per heavy atom. The van der Waals surface area contributed by atoms with E-state index < -0.39 is 11.8 Å². The Hall–Kier alpha value is -2.86. The van der Waals surface area contributed by atoms with E-state index in [-0.39, 0.29) is 0 Å². The summed E-state index contributed by atoms with van der Waals surface area (Å²) >= 11 is 5.84. The van der Waals surface area contributed by atoms with Gasteiger partial charge in [-0.3, -0.25) is 9.59 Å². The van der Waals surface area contributed by atoms with Gasteiger partial charge in [0.05, 0.1) is 19.0 Å². The maximum Gasteiger partial charge on any atom is 0.329 e. The number of benzene rings is 2. The van der Waals surface area contributed by atoms with Gasteiger partial charge in [-0.1, -0.05) is 29.8 Å². The van der Waals surface area contributed by atoms with Crippen LogP contribution in [0.4, 0.5) is 5.69 Å². The molecule has 2 aromatic carbocycles. The third-order valence-electron chi connectivity index (χ3n) is 3.04. The fourth-order valence-corrected chi connectivity index (χ4v) is 2.10. The topological polar surface area (TPSA) is 79.8 Å². The zero-order chi connectivity index (χ0) is 17.5. The first-order chi connectivity index (χ1) is 11.5. The Bertz CT molecular complexity index is 790. The molecule has 0 atom stereocenters. The lowest BCUT2D eigenvalue weighted by Gasteiger charge is -2.10. The normalized spacial score (nSPS) is 10.5. The number of anilines is 1. The molecular formula is C17H16ClN3O3. The van der Waals surface area contributed by atoms with Crippen LogP contribution in [0.25, 0.3) is 0 Å². The number of carbonyl (C=O) groups is 2. The molecule has 0 aliphatic rings. The lowest BCUT2D eigenvalue weighted by atomic mass is 10.2. The molecule has 124 valence electrons. The van der Waals surface area contributed by atoms with E-state index in [0.29, 0.717) is 22.0 Å². The summed E-state index contributed by atoms with van der Waals surface area (Å²) in [6.07, 6.45) is 1.39. The summed E-state index contributed by atoms with van der Waals surface area (Å²) in [5.41, 5.74) is 4.19. The van der Waals surface area contributed by atoms with Crippen molar-refractivity contribution in [1.29, 1.82) is 0 Å². The molecule has 0 saturated heterocycles. The van der Waals surface area contributed by atoms with Crippen LogP contribution in [0.2, 0.25) is 5.02 Å². The van der Waals surface area contributed by atoms with E-state index in [4.69, 9.17) is 16.3 Å². The van der Waals surface area contributed by atoms with Crippen LogP contribution in [0, 0.1) is 6.92 Å². The van der Waals surface area contributed by atoms with Crippen molar-refractivity contribution in [2.75, 3.05) is 12.4 Å². The predicted octanol–water partition coefficient (Wildman–Crippen LogP) is 2.75. The standard InChI is InChI=1S/C17H16ClN3O3/c1-11-6-7-15(24-2)14(8-11)20-16(22)17(23)21-19-10-12-4-3-5-13(18)9-12/h3-10H,1-2H3,(H,20,22)(H,21,23)/b19-10-. The summed E-state index contributed by atoms with van der Waals surface area (Å²) in [6.45, 7) is 1.87. The minimum Gasteiger partial charge on any atom is -0.495 e.